The largest absolute Gasteiger partial charge is 0.497 e. The van der Waals surface area contributed by atoms with Gasteiger partial charge in [0, 0.05) is 90.3 Å². The van der Waals surface area contributed by atoms with E-state index in [1.165, 1.54) is 0 Å². The van der Waals surface area contributed by atoms with Crippen molar-refractivity contribution < 1.29 is 37.9 Å². The lowest BCUT2D eigenvalue weighted by atomic mass is 9.90. The monoisotopic (exact) mass is 1450 g/mol. The average molecular weight is 1460 g/mol. The Kier molecular flexibility index (Phi) is 15.1. The van der Waals surface area contributed by atoms with Crippen LogP contribution >= 0.6 is 0 Å². The second kappa shape index (κ2) is 25.7. The van der Waals surface area contributed by atoms with Crippen LogP contribution in [0.2, 0.25) is 0 Å². The molecule has 0 unspecified atom stereocenters. The van der Waals surface area contributed by atoms with Gasteiger partial charge >= 0.3 is 0 Å². The van der Waals surface area contributed by atoms with Gasteiger partial charge in [-0.05, 0) is 254 Å². The summed E-state index contributed by atoms with van der Waals surface area (Å²) in [5, 5.41) is 20.9. The molecule has 1 aliphatic carbocycles. The van der Waals surface area contributed by atoms with Gasteiger partial charge in [0.25, 0.3) is 0 Å². The third kappa shape index (κ3) is 10.5. The number of methoxy groups -OCH3 is 8. The van der Waals surface area contributed by atoms with Crippen molar-refractivity contribution in [3.63, 3.8) is 0 Å². The van der Waals surface area contributed by atoms with E-state index in [9.17, 15) is 0 Å². The molecular formula is C100H70N4O8. The summed E-state index contributed by atoms with van der Waals surface area (Å²) in [5.41, 5.74) is 15.6. The van der Waals surface area contributed by atoms with Crippen molar-refractivity contribution in [2.24, 2.45) is 0 Å². The summed E-state index contributed by atoms with van der Waals surface area (Å²) in [6, 6.07) is 95.8. The minimum Gasteiger partial charge on any atom is -0.497 e. The van der Waals surface area contributed by atoms with E-state index in [0.29, 0.717) is 68.8 Å². The van der Waals surface area contributed by atoms with Gasteiger partial charge in [-0.25, -0.2) is 9.97 Å². The van der Waals surface area contributed by atoms with Crippen LogP contribution in [-0.2, 0) is 0 Å². The molecule has 0 spiro atoms. The van der Waals surface area contributed by atoms with Crippen molar-refractivity contribution in [1.82, 2.24) is 19.9 Å². The zero-order chi connectivity index (χ0) is 75.3. The Hall–Kier alpha value is -14.4. The summed E-state index contributed by atoms with van der Waals surface area (Å²) < 4.78 is 50.8. The topological polar surface area (TPSA) is 131 Å². The van der Waals surface area contributed by atoms with Gasteiger partial charge < -0.3 is 47.9 Å². The van der Waals surface area contributed by atoms with Crippen molar-refractivity contribution in [3.8, 4) is 136 Å². The number of ether oxygens (including phenoxy) is 8. The number of nitrogens with one attached hydrogen (secondary N) is 2. The molecule has 0 fully saturated rings. The van der Waals surface area contributed by atoms with Crippen molar-refractivity contribution in [2.75, 3.05) is 56.9 Å². The second-order valence-corrected chi connectivity index (χ2v) is 29.1. The quantitative estimate of drug-likeness (QED) is 0.114. The van der Waals surface area contributed by atoms with E-state index in [1.807, 2.05) is 24.3 Å². The third-order valence-corrected chi connectivity index (χ3v) is 22.9. The van der Waals surface area contributed by atoms with Crippen molar-refractivity contribution >= 4 is 130 Å². The van der Waals surface area contributed by atoms with Crippen molar-refractivity contribution in [3.05, 3.63) is 267 Å². The van der Waals surface area contributed by atoms with E-state index in [-0.39, 0.29) is 0 Å². The highest BCUT2D eigenvalue weighted by molar-refractivity contribution is 6.26. The Labute approximate surface area is 643 Å². The average Bonchev–Trinajstić information content (AvgIpc) is 1.55. The predicted molar refractivity (Wildman–Crippen MR) is 459 cm³/mol. The van der Waals surface area contributed by atoms with E-state index in [4.69, 9.17) is 47.9 Å². The van der Waals surface area contributed by atoms with E-state index in [2.05, 4.69) is 253 Å². The molecule has 21 rings (SSSR count). The number of aromatic amines is 2. The van der Waals surface area contributed by atoms with Gasteiger partial charge in [-0.15, -0.1) is 0 Å². The molecule has 12 nitrogen and oxygen atoms in total. The molecule has 2 aromatic heterocycles. The minimum absolute atomic E-state index is 0.590. The van der Waals surface area contributed by atoms with E-state index < -0.39 is 0 Å². The first-order valence-electron chi connectivity index (χ1n) is 37.3. The summed E-state index contributed by atoms with van der Waals surface area (Å²) in [5.74, 6) is 4.72. The number of nitrogens with zero attached hydrogens (tertiary/aromatic N) is 2. The minimum atomic E-state index is 0.590. The highest BCUT2D eigenvalue weighted by Crippen LogP contribution is 2.56. The van der Waals surface area contributed by atoms with Gasteiger partial charge in [0.2, 0.25) is 0 Å². The Bertz CT molecular complexity index is 6560. The van der Waals surface area contributed by atoms with Gasteiger partial charge in [0.05, 0.1) is 102 Å². The molecule has 2 N–H and O–H groups in total. The van der Waals surface area contributed by atoms with E-state index >= 15 is 0 Å². The van der Waals surface area contributed by atoms with Gasteiger partial charge in [0.1, 0.15) is 46.0 Å². The fourth-order valence-corrected chi connectivity index (χ4v) is 17.5. The first kappa shape index (κ1) is 65.9. The molecule has 16 aromatic carbocycles. The fraction of sp³-hybridized carbons (Fsp3) is 0.0800. The van der Waals surface area contributed by atoms with Crippen LogP contribution < -0.4 is 37.9 Å². The maximum absolute atomic E-state index is 6.42. The number of hydrogen-bond acceptors (Lipinski definition) is 10. The van der Waals surface area contributed by atoms with Gasteiger partial charge in [-0.1, -0.05) is 97.1 Å². The number of benzene rings is 16. The molecule has 8 bridgehead atoms. The molecule has 18 aromatic rings. The summed E-state index contributed by atoms with van der Waals surface area (Å²) >= 11 is 0. The predicted octanol–water partition coefficient (Wildman–Crippen LogP) is 25.3. The van der Waals surface area contributed by atoms with Crippen molar-refractivity contribution in [1.29, 1.82) is 0 Å². The molecule has 0 saturated carbocycles. The summed E-state index contributed by atoms with van der Waals surface area (Å²) in [4.78, 5) is 21.6. The van der Waals surface area contributed by atoms with Crippen LogP contribution in [-0.4, -0.2) is 76.8 Å². The SMILES string of the molecule is COc1cc(OC)cc(-c2c3nc(c(-c4cc(OC)cc(OC)c4)c4[nH]c(c(-c5cc(OC)cc(OC)c5)c5nc(c(-c6cc(OC)cc(OC)c6)c6[nH]c2c2cc7cc8ccccc8cc7cc62)-c2cc6cc7ccccc7cc6cc2-5)c2cc5cc6ccccc6cc5cc42)-c2cc4cc5ccccc5cc4cc2-3)c1. The third-order valence-electron chi connectivity index (χ3n) is 22.9. The summed E-state index contributed by atoms with van der Waals surface area (Å²) in [7, 11) is 13.6. The fourth-order valence-electron chi connectivity index (χ4n) is 17.5. The molecule has 12 heteroatoms. The van der Waals surface area contributed by atoms with E-state index in [1.54, 1.807) is 56.9 Å². The zero-order valence-corrected chi connectivity index (χ0v) is 62.6. The molecule has 0 saturated heterocycles. The normalized spacial score (nSPS) is 11.9. The smallest absolute Gasteiger partial charge is 0.123 e. The number of hydrogen-bond donors (Lipinski definition) is 2. The molecule has 0 atom stereocenters. The Morgan fingerprint density at radius 2 is 0.357 bits per heavy atom. The Morgan fingerprint density at radius 3 is 0.527 bits per heavy atom. The highest BCUT2D eigenvalue weighted by atomic mass is 16.5. The number of H-pyrrole nitrogens is 2. The van der Waals surface area contributed by atoms with Crippen LogP contribution in [0.1, 0.15) is 0 Å². The molecule has 3 aliphatic rings. The van der Waals surface area contributed by atoms with Crippen LogP contribution in [0.15, 0.2) is 267 Å². The van der Waals surface area contributed by atoms with Crippen LogP contribution in [0, 0.1) is 0 Å². The number of aromatic nitrogens is 4. The number of rotatable bonds is 12. The van der Waals surface area contributed by atoms with Gasteiger partial charge in [-0.3, -0.25) is 0 Å². The molecule has 538 valence electrons. The Balaban J connectivity index is 1.11. The summed E-state index contributed by atoms with van der Waals surface area (Å²) in [6.07, 6.45) is 0. The molecule has 2 aliphatic heterocycles. The standard InChI is InChI=1S/C100H70N4O8/c1-105-73-33-69(34-74(49-73)106-2)89-93-81-41-61-25-53-17-9-11-19-55(53)27-63(61)43-83(81)95(101-93)90(70-35-75(107-3)50-76(36-70)108-4)97-85-45-65-29-57-21-13-15-23-59(57)31-67(65)47-87(85)99(103-97)92(72-39-79(111-7)52-80(40-72)112-8)100-88-48-68-32-60-24-16-14-22-58(60)30-66(68)46-86(88)98(104-100)91(71-37-77(109-5)51-78(38-71)110-6)96-84-44-64-28-56-20-12-10-18-54(56)26-62(64)42-82(84)94(89)102-96/h9-52,101,104H,1-8H3. The second-order valence-electron chi connectivity index (χ2n) is 29.1. The molecule has 0 amide bonds. The lowest BCUT2D eigenvalue weighted by Crippen LogP contribution is -1.92. The lowest BCUT2D eigenvalue weighted by Gasteiger charge is -2.13. The summed E-state index contributed by atoms with van der Waals surface area (Å²) in [6.45, 7) is 0. The van der Waals surface area contributed by atoms with Crippen LogP contribution in [0.5, 0.6) is 46.0 Å². The lowest BCUT2D eigenvalue weighted by molar-refractivity contribution is 0.394. The maximum atomic E-state index is 6.42. The van der Waals surface area contributed by atoms with Crippen LogP contribution in [0.4, 0.5) is 0 Å². The zero-order valence-electron chi connectivity index (χ0n) is 62.6. The molecule has 112 heavy (non-hydrogen) atoms. The van der Waals surface area contributed by atoms with Crippen LogP contribution in [0.3, 0.4) is 0 Å². The van der Waals surface area contributed by atoms with E-state index in [0.717, 1.165) is 197 Å². The molecular weight excluding hydrogens is 1390 g/mol. The van der Waals surface area contributed by atoms with Crippen molar-refractivity contribution in [2.45, 2.75) is 0 Å². The van der Waals surface area contributed by atoms with Gasteiger partial charge in [-0.2, -0.15) is 0 Å². The first-order chi connectivity index (χ1) is 55.0. The van der Waals surface area contributed by atoms with Gasteiger partial charge in [0.15, 0.2) is 0 Å². The molecule has 0 radical (unpaired) electrons. The Morgan fingerprint density at radius 1 is 0.188 bits per heavy atom. The maximum Gasteiger partial charge on any atom is 0.123 e. The highest BCUT2D eigenvalue weighted by Gasteiger charge is 2.33. The van der Waals surface area contributed by atoms with Crippen LogP contribution in [0.25, 0.3) is 219 Å². The molecule has 4 heterocycles. The number of fused-ring (bicyclic) bond motifs is 8. The first-order valence-corrected chi connectivity index (χ1v) is 37.3.